The highest BCUT2D eigenvalue weighted by Crippen LogP contribution is 2.25. The third-order valence-electron chi connectivity index (χ3n) is 3.78. The van der Waals surface area contributed by atoms with Crippen LogP contribution in [0.2, 0.25) is 0 Å². The van der Waals surface area contributed by atoms with E-state index in [0.29, 0.717) is 11.3 Å². The van der Waals surface area contributed by atoms with Gasteiger partial charge < -0.3 is 9.84 Å². The summed E-state index contributed by atoms with van der Waals surface area (Å²) in [6.45, 7) is 13.8. The fraction of sp³-hybridized carbons (Fsp3) is 0.800. The lowest BCUT2D eigenvalue weighted by Gasteiger charge is -2.36. The summed E-state index contributed by atoms with van der Waals surface area (Å²) in [5.41, 5.74) is 1.09. The van der Waals surface area contributed by atoms with Crippen LogP contribution < -0.4 is 5.32 Å². The van der Waals surface area contributed by atoms with Gasteiger partial charge in [-0.1, -0.05) is 12.1 Å². The molecule has 0 bridgehead atoms. The van der Waals surface area contributed by atoms with Crippen molar-refractivity contribution in [3.05, 3.63) is 17.5 Å². The summed E-state index contributed by atoms with van der Waals surface area (Å²) in [7, 11) is 0. The molecule has 2 rings (SSSR count). The highest BCUT2D eigenvalue weighted by molar-refractivity contribution is 8.00. The van der Waals surface area contributed by atoms with E-state index in [0.717, 1.165) is 31.1 Å². The zero-order valence-electron chi connectivity index (χ0n) is 13.3. The zero-order chi connectivity index (χ0) is 14.8. The quantitative estimate of drug-likeness (QED) is 0.925. The van der Waals surface area contributed by atoms with Gasteiger partial charge in [0.2, 0.25) is 0 Å². The molecular weight excluding hydrogens is 270 g/mol. The van der Waals surface area contributed by atoms with Gasteiger partial charge in [0, 0.05) is 41.7 Å². The first-order valence-electron chi connectivity index (χ1n) is 7.40. The normalized spacial score (nSPS) is 25.1. The second-order valence-corrected chi connectivity index (χ2v) is 8.16. The summed E-state index contributed by atoms with van der Waals surface area (Å²) >= 11 is 2.06. The molecule has 1 aromatic heterocycles. The molecule has 2 unspecified atom stereocenters. The van der Waals surface area contributed by atoms with E-state index in [2.05, 4.69) is 67.8 Å². The van der Waals surface area contributed by atoms with E-state index in [1.165, 1.54) is 5.75 Å². The van der Waals surface area contributed by atoms with Gasteiger partial charge in [-0.05, 0) is 27.7 Å². The Bertz CT molecular complexity index is 427. The third-order valence-corrected chi connectivity index (χ3v) is 5.12. The lowest BCUT2D eigenvalue weighted by atomic mass is 10.1. The average Bonchev–Trinajstić information content (AvgIpc) is 2.80. The SMILES string of the molecule is CC1SCCN(Cc2cc(CNC(C)(C)C)no2)C1C. The molecule has 0 aliphatic carbocycles. The summed E-state index contributed by atoms with van der Waals surface area (Å²) in [5.74, 6) is 2.18. The first-order valence-corrected chi connectivity index (χ1v) is 8.45. The first-order chi connectivity index (χ1) is 9.35. The summed E-state index contributed by atoms with van der Waals surface area (Å²) < 4.78 is 5.48. The second kappa shape index (κ2) is 6.50. The maximum absolute atomic E-state index is 5.48. The standard InChI is InChI=1S/C15H27N3OS/c1-11-12(2)20-7-6-18(11)10-14-8-13(17-19-14)9-16-15(3,4)5/h8,11-12,16H,6-7,9-10H2,1-5H3. The van der Waals surface area contributed by atoms with Gasteiger partial charge in [-0.25, -0.2) is 0 Å². The maximum Gasteiger partial charge on any atom is 0.151 e. The van der Waals surface area contributed by atoms with Crippen LogP contribution in [0.15, 0.2) is 10.6 Å². The predicted octanol–water partition coefficient (Wildman–Crippen LogP) is 2.89. The highest BCUT2D eigenvalue weighted by atomic mass is 32.2. The van der Waals surface area contributed by atoms with Gasteiger partial charge in [-0.15, -0.1) is 0 Å². The van der Waals surface area contributed by atoms with Crippen molar-refractivity contribution in [2.45, 2.75) is 64.5 Å². The molecule has 1 saturated heterocycles. The van der Waals surface area contributed by atoms with E-state index < -0.39 is 0 Å². The van der Waals surface area contributed by atoms with Gasteiger partial charge in [0.25, 0.3) is 0 Å². The third kappa shape index (κ3) is 4.50. The van der Waals surface area contributed by atoms with Gasteiger partial charge in [0.05, 0.1) is 12.2 Å². The van der Waals surface area contributed by atoms with Gasteiger partial charge in [-0.3, -0.25) is 4.90 Å². The van der Waals surface area contributed by atoms with Crippen molar-refractivity contribution in [1.29, 1.82) is 0 Å². The molecule has 20 heavy (non-hydrogen) atoms. The lowest BCUT2D eigenvalue weighted by molar-refractivity contribution is 0.181. The molecule has 0 amide bonds. The van der Waals surface area contributed by atoms with Crippen LogP contribution in [0.25, 0.3) is 0 Å². The van der Waals surface area contributed by atoms with Crippen LogP contribution in [-0.2, 0) is 13.1 Å². The van der Waals surface area contributed by atoms with Crippen molar-refractivity contribution in [3.8, 4) is 0 Å². The molecule has 2 heterocycles. The summed E-state index contributed by atoms with van der Waals surface area (Å²) in [6, 6.07) is 2.67. The molecular formula is C15H27N3OS. The Labute approximate surface area is 126 Å². The minimum absolute atomic E-state index is 0.104. The van der Waals surface area contributed by atoms with E-state index >= 15 is 0 Å². The molecule has 1 fully saturated rings. The highest BCUT2D eigenvalue weighted by Gasteiger charge is 2.26. The van der Waals surface area contributed by atoms with Gasteiger partial charge in [-0.2, -0.15) is 11.8 Å². The molecule has 0 radical (unpaired) electrons. The molecule has 2 atom stereocenters. The Morgan fingerprint density at radius 2 is 2.20 bits per heavy atom. The average molecular weight is 297 g/mol. The molecule has 1 N–H and O–H groups in total. The van der Waals surface area contributed by atoms with Gasteiger partial charge in [0.15, 0.2) is 5.76 Å². The second-order valence-electron chi connectivity index (χ2n) is 6.68. The molecule has 0 saturated carbocycles. The summed E-state index contributed by atoms with van der Waals surface area (Å²) in [4.78, 5) is 2.49. The van der Waals surface area contributed by atoms with E-state index in [4.69, 9.17) is 4.52 Å². The van der Waals surface area contributed by atoms with Crippen molar-refractivity contribution < 1.29 is 4.52 Å². The van der Waals surface area contributed by atoms with Gasteiger partial charge in [0.1, 0.15) is 0 Å². The van der Waals surface area contributed by atoms with Crippen LogP contribution in [-0.4, -0.2) is 39.2 Å². The summed E-state index contributed by atoms with van der Waals surface area (Å²) in [5, 5.41) is 8.28. The molecule has 4 nitrogen and oxygen atoms in total. The van der Waals surface area contributed by atoms with Crippen LogP contribution in [0.3, 0.4) is 0 Å². The van der Waals surface area contributed by atoms with Crippen molar-refractivity contribution in [1.82, 2.24) is 15.4 Å². The molecule has 1 aliphatic rings. The number of rotatable bonds is 4. The molecule has 1 aromatic rings. The fourth-order valence-electron chi connectivity index (χ4n) is 2.29. The predicted molar refractivity (Wildman–Crippen MR) is 84.9 cm³/mol. The Morgan fingerprint density at radius 3 is 2.90 bits per heavy atom. The first kappa shape index (κ1) is 15.9. The smallest absolute Gasteiger partial charge is 0.151 e. The largest absolute Gasteiger partial charge is 0.360 e. The molecule has 5 heteroatoms. The maximum atomic E-state index is 5.48. The van der Waals surface area contributed by atoms with Crippen molar-refractivity contribution in [2.24, 2.45) is 0 Å². The Balaban J connectivity index is 1.89. The minimum Gasteiger partial charge on any atom is -0.360 e. The van der Waals surface area contributed by atoms with E-state index in [-0.39, 0.29) is 5.54 Å². The molecule has 0 spiro atoms. The topological polar surface area (TPSA) is 41.3 Å². The van der Waals surface area contributed by atoms with Crippen molar-refractivity contribution >= 4 is 11.8 Å². The fourth-order valence-corrected chi connectivity index (χ4v) is 3.45. The monoisotopic (exact) mass is 297 g/mol. The molecule has 0 aromatic carbocycles. The van der Waals surface area contributed by atoms with Crippen LogP contribution >= 0.6 is 11.8 Å². The number of hydrogen-bond donors (Lipinski definition) is 1. The minimum atomic E-state index is 0.104. The molecule has 114 valence electrons. The van der Waals surface area contributed by atoms with E-state index in [1.807, 2.05) is 0 Å². The Morgan fingerprint density at radius 1 is 1.45 bits per heavy atom. The lowest BCUT2D eigenvalue weighted by Crippen LogP contribution is -2.43. The number of hydrogen-bond acceptors (Lipinski definition) is 5. The Kier molecular flexibility index (Phi) is 5.15. The Hall–Kier alpha value is -0.520. The zero-order valence-corrected chi connectivity index (χ0v) is 14.1. The van der Waals surface area contributed by atoms with E-state index in [1.54, 1.807) is 0 Å². The molecule has 1 aliphatic heterocycles. The van der Waals surface area contributed by atoms with E-state index in [9.17, 15) is 0 Å². The number of nitrogens with zero attached hydrogens (tertiary/aromatic N) is 2. The van der Waals surface area contributed by atoms with Crippen LogP contribution in [0.5, 0.6) is 0 Å². The number of aromatic nitrogens is 1. The van der Waals surface area contributed by atoms with Crippen LogP contribution in [0.1, 0.15) is 46.1 Å². The van der Waals surface area contributed by atoms with Gasteiger partial charge >= 0.3 is 0 Å². The van der Waals surface area contributed by atoms with Crippen LogP contribution in [0, 0.1) is 0 Å². The van der Waals surface area contributed by atoms with Crippen LogP contribution in [0.4, 0.5) is 0 Å². The summed E-state index contributed by atoms with van der Waals surface area (Å²) in [6.07, 6.45) is 0. The van der Waals surface area contributed by atoms with Crippen molar-refractivity contribution in [2.75, 3.05) is 12.3 Å². The van der Waals surface area contributed by atoms with Crippen molar-refractivity contribution in [3.63, 3.8) is 0 Å². The number of nitrogens with one attached hydrogen (secondary N) is 1. The number of thioether (sulfide) groups is 1.